The molecule has 0 aromatic heterocycles. The van der Waals surface area contributed by atoms with E-state index >= 15 is 0 Å². The summed E-state index contributed by atoms with van der Waals surface area (Å²) in [5, 5.41) is 3.51. The van der Waals surface area contributed by atoms with Gasteiger partial charge in [-0.1, -0.05) is 44.5 Å². The first-order valence-corrected chi connectivity index (χ1v) is 7.09. The lowest BCUT2D eigenvalue weighted by atomic mass is 10.0. The van der Waals surface area contributed by atoms with Crippen LogP contribution in [0.1, 0.15) is 50.8 Å². The number of ether oxygens (including phenoxy) is 1. The van der Waals surface area contributed by atoms with Crippen molar-refractivity contribution in [3.05, 3.63) is 35.4 Å². The second kappa shape index (κ2) is 8.28. The Kier molecular flexibility index (Phi) is 6.99. The first-order chi connectivity index (χ1) is 8.69. The SMILES string of the molecule is CCCC(C)OCC(NCC)c1ccccc1C. The molecule has 0 aliphatic carbocycles. The highest BCUT2D eigenvalue weighted by Gasteiger charge is 2.13. The molecule has 2 nitrogen and oxygen atoms in total. The highest BCUT2D eigenvalue weighted by atomic mass is 16.5. The summed E-state index contributed by atoms with van der Waals surface area (Å²) in [6.07, 6.45) is 2.66. The van der Waals surface area contributed by atoms with E-state index < -0.39 is 0 Å². The number of aryl methyl sites for hydroxylation is 1. The molecule has 0 aliphatic heterocycles. The molecule has 0 heterocycles. The number of likely N-dealkylation sites (N-methyl/N-ethyl adjacent to an activating group) is 1. The van der Waals surface area contributed by atoms with Crippen LogP contribution in [0.3, 0.4) is 0 Å². The van der Waals surface area contributed by atoms with E-state index in [0.29, 0.717) is 12.1 Å². The van der Waals surface area contributed by atoms with Crippen molar-refractivity contribution in [3.8, 4) is 0 Å². The van der Waals surface area contributed by atoms with Crippen LogP contribution >= 0.6 is 0 Å². The first-order valence-electron chi connectivity index (χ1n) is 7.09. The molecule has 1 N–H and O–H groups in total. The van der Waals surface area contributed by atoms with E-state index in [-0.39, 0.29) is 0 Å². The molecule has 2 heteroatoms. The summed E-state index contributed by atoms with van der Waals surface area (Å²) in [6, 6.07) is 8.84. The largest absolute Gasteiger partial charge is 0.377 e. The number of nitrogens with one attached hydrogen (secondary N) is 1. The van der Waals surface area contributed by atoms with Gasteiger partial charge in [0.1, 0.15) is 0 Å². The number of rotatable bonds is 8. The Labute approximate surface area is 112 Å². The summed E-state index contributed by atoms with van der Waals surface area (Å²) in [5.41, 5.74) is 2.68. The molecule has 102 valence electrons. The number of hydrogen-bond acceptors (Lipinski definition) is 2. The Hall–Kier alpha value is -0.860. The van der Waals surface area contributed by atoms with Crippen molar-refractivity contribution in [2.24, 2.45) is 0 Å². The van der Waals surface area contributed by atoms with E-state index in [9.17, 15) is 0 Å². The molecular formula is C16H27NO. The predicted molar refractivity (Wildman–Crippen MR) is 77.9 cm³/mol. The van der Waals surface area contributed by atoms with Crippen molar-refractivity contribution < 1.29 is 4.74 Å². The lowest BCUT2D eigenvalue weighted by molar-refractivity contribution is 0.0441. The van der Waals surface area contributed by atoms with Gasteiger partial charge in [0.25, 0.3) is 0 Å². The maximum Gasteiger partial charge on any atom is 0.0665 e. The second-order valence-electron chi connectivity index (χ2n) is 4.90. The molecule has 0 radical (unpaired) electrons. The van der Waals surface area contributed by atoms with Crippen LogP contribution in [-0.2, 0) is 4.74 Å². The van der Waals surface area contributed by atoms with Crippen molar-refractivity contribution in [2.45, 2.75) is 52.7 Å². The highest BCUT2D eigenvalue weighted by Crippen LogP contribution is 2.18. The highest BCUT2D eigenvalue weighted by molar-refractivity contribution is 5.28. The van der Waals surface area contributed by atoms with Gasteiger partial charge in [0.2, 0.25) is 0 Å². The molecule has 1 aromatic carbocycles. The van der Waals surface area contributed by atoms with Crippen molar-refractivity contribution in [1.29, 1.82) is 0 Å². The molecule has 0 aliphatic rings. The number of benzene rings is 1. The van der Waals surface area contributed by atoms with Crippen LogP contribution in [0.4, 0.5) is 0 Å². The van der Waals surface area contributed by atoms with Crippen LogP contribution in [-0.4, -0.2) is 19.3 Å². The molecule has 2 unspecified atom stereocenters. The number of hydrogen-bond donors (Lipinski definition) is 1. The maximum atomic E-state index is 5.94. The smallest absolute Gasteiger partial charge is 0.0665 e. The molecule has 0 bridgehead atoms. The van der Waals surface area contributed by atoms with Crippen molar-refractivity contribution in [1.82, 2.24) is 5.32 Å². The fourth-order valence-electron chi connectivity index (χ4n) is 2.23. The Balaban J connectivity index is 2.62. The summed E-state index contributed by atoms with van der Waals surface area (Å²) in [4.78, 5) is 0. The average molecular weight is 249 g/mol. The molecule has 1 rings (SSSR count). The molecule has 0 saturated carbocycles. The van der Waals surface area contributed by atoms with Gasteiger partial charge < -0.3 is 10.1 Å². The Bertz CT molecular complexity index is 338. The van der Waals surface area contributed by atoms with Gasteiger partial charge in [-0.3, -0.25) is 0 Å². The van der Waals surface area contributed by atoms with Crippen LogP contribution in [0, 0.1) is 6.92 Å². The fourth-order valence-corrected chi connectivity index (χ4v) is 2.23. The van der Waals surface area contributed by atoms with Crippen LogP contribution in [0.5, 0.6) is 0 Å². The minimum absolute atomic E-state index is 0.301. The minimum Gasteiger partial charge on any atom is -0.377 e. The quantitative estimate of drug-likeness (QED) is 0.755. The van der Waals surface area contributed by atoms with Crippen molar-refractivity contribution in [3.63, 3.8) is 0 Å². The zero-order valence-corrected chi connectivity index (χ0v) is 12.2. The third-order valence-corrected chi connectivity index (χ3v) is 3.26. The summed E-state index contributed by atoms with van der Waals surface area (Å²) in [6.45, 7) is 10.4. The fraction of sp³-hybridized carbons (Fsp3) is 0.625. The van der Waals surface area contributed by atoms with E-state index in [4.69, 9.17) is 4.74 Å². The van der Waals surface area contributed by atoms with E-state index in [0.717, 1.165) is 19.6 Å². The molecule has 0 fully saturated rings. The van der Waals surface area contributed by atoms with Gasteiger partial charge >= 0.3 is 0 Å². The lowest BCUT2D eigenvalue weighted by Gasteiger charge is -2.22. The maximum absolute atomic E-state index is 5.94. The molecule has 1 aromatic rings. The average Bonchev–Trinajstić information content (AvgIpc) is 2.36. The first kappa shape index (κ1) is 15.2. The molecular weight excluding hydrogens is 222 g/mol. The molecule has 0 spiro atoms. The monoisotopic (exact) mass is 249 g/mol. The van der Waals surface area contributed by atoms with Gasteiger partial charge in [0, 0.05) is 0 Å². The van der Waals surface area contributed by atoms with E-state index in [1.54, 1.807) is 0 Å². The van der Waals surface area contributed by atoms with Crippen LogP contribution in [0.2, 0.25) is 0 Å². The summed E-state index contributed by atoms with van der Waals surface area (Å²) < 4.78 is 5.94. The Morgan fingerprint density at radius 1 is 1.22 bits per heavy atom. The standard InChI is InChI=1S/C16H27NO/c1-5-9-14(4)18-12-16(17-6-2)15-11-8-7-10-13(15)3/h7-8,10-11,14,16-17H,5-6,9,12H2,1-4H3. The van der Waals surface area contributed by atoms with Gasteiger partial charge in [0.15, 0.2) is 0 Å². The van der Waals surface area contributed by atoms with Crippen LogP contribution in [0.25, 0.3) is 0 Å². The predicted octanol–water partition coefficient (Wildman–Crippen LogP) is 3.85. The summed E-state index contributed by atoms with van der Waals surface area (Å²) in [7, 11) is 0. The molecule has 2 atom stereocenters. The van der Waals surface area contributed by atoms with E-state index in [1.165, 1.54) is 17.5 Å². The van der Waals surface area contributed by atoms with Gasteiger partial charge in [-0.25, -0.2) is 0 Å². The Morgan fingerprint density at radius 2 is 1.94 bits per heavy atom. The second-order valence-corrected chi connectivity index (χ2v) is 4.90. The molecule has 0 saturated heterocycles. The zero-order valence-electron chi connectivity index (χ0n) is 12.2. The lowest BCUT2D eigenvalue weighted by Crippen LogP contribution is -2.27. The minimum atomic E-state index is 0.301. The van der Waals surface area contributed by atoms with Gasteiger partial charge in [-0.2, -0.15) is 0 Å². The third kappa shape index (κ3) is 4.79. The Morgan fingerprint density at radius 3 is 2.56 bits per heavy atom. The third-order valence-electron chi connectivity index (χ3n) is 3.26. The summed E-state index contributed by atoms with van der Waals surface area (Å²) in [5.74, 6) is 0. The molecule has 0 amide bonds. The molecule has 18 heavy (non-hydrogen) atoms. The van der Waals surface area contributed by atoms with Crippen LogP contribution < -0.4 is 5.32 Å². The van der Waals surface area contributed by atoms with E-state index in [2.05, 4.69) is 57.3 Å². The van der Waals surface area contributed by atoms with Crippen molar-refractivity contribution >= 4 is 0 Å². The van der Waals surface area contributed by atoms with Gasteiger partial charge in [-0.05, 0) is 37.9 Å². The van der Waals surface area contributed by atoms with Crippen LogP contribution in [0.15, 0.2) is 24.3 Å². The summed E-state index contributed by atoms with van der Waals surface area (Å²) >= 11 is 0. The van der Waals surface area contributed by atoms with Gasteiger partial charge in [0.05, 0.1) is 18.8 Å². The van der Waals surface area contributed by atoms with Crippen molar-refractivity contribution in [2.75, 3.05) is 13.2 Å². The topological polar surface area (TPSA) is 21.3 Å². The van der Waals surface area contributed by atoms with E-state index in [1.807, 2.05) is 0 Å². The zero-order chi connectivity index (χ0) is 13.4. The normalized spacial score (nSPS) is 14.4. The van der Waals surface area contributed by atoms with Gasteiger partial charge in [-0.15, -0.1) is 0 Å².